The Morgan fingerprint density at radius 2 is 1.67 bits per heavy atom. The lowest BCUT2D eigenvalue weighted by molar-refractivity contribution is 0.102. The van der Waals surface area contributed by atoms with E-state index in [1.54, 1.807) is 6.07 Å². The average Bonchev–Trinajstić information content (AvgIpc) is 3.34. The van der Waals surface area contributed by atoms with Gasteiger partial charge in [-0.2, -0.15) is 0 Å². The lowest BCUT2D eigenvalue weighted by Crippen LogP contribution is -2.28. The Balaban J connectivity index is 1.10. The second-order valence-corrected chi connectivity index (χ2v) is 15.0. The molecule has 51 heavy (non-hydrogen) atoms. The molecule has 1 amide bonds. The van der Waals surface area contributed by atoms with Gasteiger partial charge in [-0.15, -0.1) is 0 Å². The van der Waals surface area contributed by atoms with Crippen LogP contribution in [0.5, 0.6) is 5.75 Å². The Hall–Kier alpha value is -4.35. The molecule has 0 spiro atoms. The third-order valence-corrected chi connectivity index (χ3v) is 11.4. The minimum atomic E-state index is -0.171. The Morgan fingerprint density at radius 1 is 0.922 bits per heavy atom. The monoisotopic (exact) mass is 683 g/mol. The maximum atomic E-state index is 13.4. The summed E-state index contributed by atoms with van der Waals surface area (Å²) in [5.41, 5.74) is 10.7. The van der Waals surface area contributed by atoms with Crippen LogP contribution in [0.25, 0.3) is 22.0 Å². The van der Waals surface area contributed by atoms with E-state index in [1.807, 2.05) is 42.5 Å². The van der Waals surface area contributed by atoms with Gasteiger partial charge < -0.3 is 19.9 Å². The highest BCUT2D eigenvalue weighted by atomic mass is 16.3. The largest absolute Gasteiger partial charge is 0.507 e. The first-order valence-electron chi connectivity index (χ1n) is 19.4. The van der Waals surface area contributed by atoms with Gasteiger partial charge in [0.15, 0.2) is 0 Å². The van der Waals surface area contributed by atoms with Crippen molar-refractivity contribution < 1.29 is 9.90 Å². The molecule has 5 aromatic rings. The Kier molecular flexibility index (Phi) is 12.0. The molecule has 1 atom stereocenters. The van der Waals surface area contributed by atoms with Gasteiger partial charge in [-0.05, 0) is 142 Å². The van der Waals surface area contributed by atoms with Gasteiger partial charge in [-0.1, -0.05) is 82.1 Å². The SMILES string of the molecule is CCCN(CCCn1c(C)c(C)c2cc(Cc3ccc(C(=O)Nc4cc(O)c(-c5ccccc5)c(C5CCC5)c4)cc3)ccc21)CCC(C)CC. The molecule has 0 aliphatic heterocycles. The molecule has 0 saturated heterocycles. The van der Waals surface area contributed by atoms with Crippen molar-refractivity contribution in [1.82, 2.24) is 9.47 Å². The van der Waals surface area contributed by atoms with Gasteiger partial charge in [0.25, 0.3) is 5.91 Å². The summed E-state index contributed by atoms with van der Waals surface area (Å²) in [6.45, 7) is 16.1. The summed E-state index contributed by atoms with van der Waals surface area (Å²) in [6, 6.07) is 28.6. The zero-order valence-corrected chi connectivity index (χ0v) is 31.5. The maximum Gasteiger partial charge on any atom is 0.255 e. The van der Waals surface area contributed by atoms with E-state index in [-0.39, 0.29) is 11.7 Å². The first-order valence-corrected chi connectivity index (χ1v) is 19.4. The number of hydrogen-bond donors (Lipinski definition) is 2. The first kappa shape index (κ1) is 36.4. The molecular formula is C46H57N3O2. The van der Waals surface area contributed by atoms with Crippen LogP contribution in [0.4, 0.5) is 5.69 Å². The van der Waals surface area contributed by atoms with Gasteiger partial charge in [0.2, 0.25) is 0 Å². The average molecular weight is 684 g/mol. The summed E-state index contributed by atoms with van der Waals surface area (Å²) in [7, 11) is 0. The smallest absolute Gasteiger partial charge is 0.255 e. The molecule has 1 aliphatic carbocycles. The van der Waals surface area contributed by atoms with Crippen LogP contribution in [0.1, 0.15) is 110 Å². The Bertz CT molecular complexity index is 1920. The van der Waals surface area contributed by atoms with Gasteiger partial charge in [-0.25, -0.2) is 0 Å². The second-order valence-electron chi connectivity index (χ2n) is 15.0. The van der Waals surface area contributed by atoms with E-state index >= 15 is 0 Å². The van der Waals surface area contributed by atoms with Crippen molar-refractivity contribution in [2.24, 2.45) is 5.92 Å². The number of benzene rings is 4. The highest BCUT2D eigenvalue weighted by molar-refractivity contribution is 6.04. The Labute approximate surface area is 305 Å². The molecule has 1 fully saturated rings. The van der Waals surface area contributed by atoms with E-state index in [2.05, 4.69) is 85.8 Å². The highest BCUT2D eigenvalue weighted by Gasteiger charge is 2.25. The standard InChI is InChI=1S/C46H57N3O2/c1-6-24-48(27-23-32(3)7-2)25-12-26-49-34(5)33(4)41-29-36(19-22-43(41)49)28-35-17-20-39(21-18-35)46(51)47-40-30-42(37-15-11-16-37)45(44(50)31-40)38-13-9-8-10-14-38/h8-10,13-14,17-22,29-32,37,50H,6-7,11-12,15-16,23-28H2,1-5H3,(H,47,51). The lowest BCUT2D eigenvalue weighted by atomic mass is 9.76. The summed E-state index contributed by atoms with van der Waals surface area (Å²) in [4.78, 5) is 16.0. The fraction of sp³-hybridized carbons (Fsp3) is 0.413. The molecule has 5 heteroatoms. The van der Waals surface area contributed by atoms with Crippen molar-refractivity contribution in [2.75, 3.05) is 25.0 Å². The molecule has 4 aromatic carbocycles. The number of amides is 1. The van der Waals surface area contributed by atoms with Gasteiger partial charge in [0.1, 0.15) is 5.75 Å². The van der Waals surface area contributed by atoms with Crippen molar-refractivity contribution >= 4 is 22.5 Å². The van der Waals surface area contributed by atoms with Gasteiger partial charge in [-0.3, -0.25) is 4.79 Å². The van der Waals surface area contributed by atoms with Crippen LogP contribution in [-0.2, 0) is 13.0 Å². The summed E-state index contributed by atoms with van der Waals surface area (Å²) in [5, 5.41) is 15.5. The second kappa shape index (κ2) is 16.8. The van der Waals surface area contributed by atoms with Crippen molar-refractivity contribution in [3.05, 3.63) is 118 Å². The number of hydrogen-bond acceptors (Lipinski definition) is 3. The molecule has 1 aliphatic rings. The normalized spacial score (nSPS) is 13.8. The number of aryl methyl sites for hydroxylation is 2. The number of phenolic OH excluding ortho intramolecular Hbond substituents is 1. The summed E-state index contributed by atoms with van der Waals surface area (Å²) in [5.74, 6) is 1.23. The van der Waals surface area contributed by atoms with E-state index in [9.17, 15) is 9.90 Å². The fourth-order valence-electron chi connectivity index (χ4n) is 7.70. The van der Waals surface area contributed by atoms with Crippen molar-refractivity contribution in [2.45, 2.75) is 98.4 Å². The van der Waals surface area contributed by atoms with Crippen LogP contribution in [0.2, 0.25) is 0 Å². The van der Waals surface area contributed by atoms with Crippen molar-refractivity contribution in [3.63, 3.8) is 0 Å². The summed E-state index contributed by atoms with van der Waals surface area (Å²) in [6.07, 6.45) is 9.13. The number of carbonyl (C=O) groups is 1. The minimum absolute atomic E-state index is 0.171. The molecule has 0 radical (unpaired) electrons. The van der Waals surface area contributed by atoms with Gasteiger partial charge in [0.05, 0.1) is 0 Å². The predicted octanol–water partition coefficient (Wildman–Crippen LogP) is 11.3. The predicted molar refractivity (Wildman–Crippen MR) is 214 cm³/mol. The number of anilines is 1. The van der Waals surface area contributed by atoms with E-state index in [4.69, 9.17) is 0 Å². The number of fused-ring (bicyclic) bond motifs is 1. The topological polar surface area (TPSA) is 57.5 Å². The fourth-order valence-corrected chi connectivity index (χ4v) is 7.70. The minimum Gasteiger partial charge on any atom is -0.507 e. The summed E-state index contributed by atoms with van der Waals surface area (Å²) < 4.78 is 2.52. The molecule has 2 N–H and O–H groups in total. The molecule has 1 saturated carbocycles. The molecule has 1 heterocycles. The first-order chi connectivity index (χ1) is 24.7. The van der Waals surface area contributed by atoms with Crippen molar-refractivity contribution in [1.29, 1.82) is 0 Å². The Morgan fingerprint density at radius 3 is 2.35 bits per heavy atom. The number of phenols is 1. The third kappa shape index (κ3) is 8.59. The summed E-state index contributed by atoms with van der Waals surface area (Å²) >= 11 is 0. The molecule has 1 unspecified atom stereocenters. The molecule has 0 bridgehead atoms. The maximum absolute atomic E-state index is 13.4. The number of nitrogens with zero attached hydrogens (tertiary/aromatic N) is 2. The highest BCUT2D eigenvalue weighted by Crippen LogP contribution is 2.46. The third-order valence-electron chi connectivity index (χ3n) is 11.4. The quantitative estimate of drug-likeness (QED) is 0.109. The van der Waals surface area contributed by atoms with Gasteiger partial charge >= 0.3 is 0 Å². The van der Waals surface area contributed by atoms with Crippen LogP contribution in [-0.4, -0.2) is 40.1 Å². The van der Waals surface area contributed by atoms with E-state index in [0.29, 0.717) is 17.2 Å². The number of nitrogens with one attached hydrogen (secondary N) is 1. The van der Waals surface area contributed by atoms with Gasteiger partial charge in [0, 0.05) is 46.0 Å². The van der Waals surface area contributed by atoms with Crippen LogP contribution < -0.4 is 5.32 Å². The molecule has 5 nitrogen and oxygen atoms in total. The zero-order chi connectivity index (χ0) is 35.9. The molecule has 268 valence electrons. The number of aromatic nitrogens is 1. The van der Waals surface area contributed by atoms with E-state index < -0.39 is 0 Å². The van der Waals surface area contributed by atoms with Crippen LogP contribution in [0.3, 0.4) is 0 Å². The van der Waals surface area contributed by atoms with Crippen LogP contribution in [0, 0.1) is 19.8 Å². The number of rotatable bonds is 16. The lowest BCUT2D eigenvalue weighted by Gasteiger charge is -2.29. The molecular weight excluding hydrogens is 627 g/mol. The van der Waals surface area contributed by atoms with Crippen LogP contribution in [0.15, 0.2) is 84.9 Å². The molecule has 6 rings (SSSR count). The van der Waals surface area contributed by atoms with E-state index in [1.165, 1.54) is 72.1 Å². The number of aromatic hydroxyl groups is 1. The van der Waals surface area contributed by atoms with Crippen LogP contribution >= 0.6 is 0 Å². The van der Waals surface area contributed by atoms with E-state index in [0.717, 1.165) is 61.4 Å². The van der Waals surface area contributed by atoms with Crippen molar-refractivity contribution in [3.8, 4) is 16.9 Å². The number of carbonyl (C=O) groups excluding carboxylic acids is 1. The zero-order valence-electron chi connectivity index (χ0n) is 31.5. The molecule has 1 aromatic heterocycles.